The maximum absolute atomic E-state index is 14.3. The molecule has 0 radical (unpaired) electrons. The smallest absolute Gasteiger partial charge is 0.209 e. The number of allylic oxidation sites excluding steroid dienone is 2. The molecule has 10 nitrogen and oxygen atoms in total. The number of anilines is 2. The van der Waals surface area contributed by atoms with E-state index in [0.717, 1.165) is 87.7 Å². The van der Waals surface area contributed by atoms with E-state index in [1.807, 2.05) is 36.3 Å². The Morgan fingerprint density at radius 1 is 1.11 bits per heavy atom. The Bertz CT molecular complexity index is 2050. The molecular weight excluding hydrogens is 595 g/mol. The van der Waals surface area contributed by atoms with E-state index in [4.69, 9.17) is 5.10 Å². The molecule has 0 unspecified atom stereocenters. The van der Waals surface area contributed by atoms with Crippen LogP contribution in [0.4, 0.5) is 16.0 Å². The molecule has 5 heterocycles. The van der Waals surface area contributed by atoms with E-state index in [-0.39, 0.29) is 11.5 Å². The molecule has 3 aliphatic heterocycles. The number of H-pyrrole nitrogens is 1. The summed E-state index contributed by atoms with van der Waals surface area (Å²) in [5.41, 5.74) is 8.10. The van der Waals surface area contributed by atoms with Crippen LogP contribution in [0.25, 0.3) is 22.0 Å². The van der Waals surface area contributed by atoms with Gasteiger partial charge in [0.15, 0.2) is 17.4 Å². The Kier molecular flexibility index (Phi) is 7.19. The summed E-state index contributed by atoms with van der Waals surface area (Å²) in [6, 6.07) is 8.70. The predicted molar refractivity (Wildman–Crippen MR) is 181 cm³/mol. The quantitative estimate of drug-likeness (QED) is 0.244. The van der Waals surface area contributed by atoms with Gasteiger partial charge in [0.1, 0.15) is 11.5 Å². The zero-order valence-electron chi connectivity index (χ0n) is 26.4. The number of hydrogen-bond donors (Lipinski definition) is 2. The highest BCUT2D eigenvalue weighted by molar-refractivity contribution is 6.20. The van der Waals surface area contributed by atoms with Crippen LogP contribution in [0.5, 0.6) is 5.75 Å². The minimum absolute atomic E-state index is 0.116. The molecule has 8 rings (SSSR count). The number of halogens is 1. The molecule has 1 saturated heterocycles. The van der Waals surface area contributed by atoms with Gasteiger partial charge in [-0.15, -0.1) is 0 Å². The van der Waals surface area contributed by atoms with Crippen LogP contribution >= 0.6 is 0 Å². The summed E-state index contributed by atoms with van der Waals surface area (Å²) < 4.78 is 14.3. The lowest BCUT2D eigenvalue weighted by atomic mass is 9.80. The summed E-state index contributed by atoms with van der Waals surface area (Å²) in [5.74, 6) is 1.09. The first-order valence-electron chi connectivity index (χ1n) is 16.3. The van der Waals surface area contributed by atoms with Crippen molar-refractivity contribution in [2.75, 3.05) is 36.1 Å². The fraction of sp³-hybridized carbons (Fsp3) is 0.333. The number of nitrogens with one attached hydrogen (secondary N) is 1. The second kappa shape index (κ2) is 11.6. The number of Topliss-reactive ketones (excluding diaryl/α,β-unsaturated/α-hetero) is 1. The average molecular weight is 631 g/mol. The fourth-order valence-electron chi connectivity index (χ4n) is 7.13. The Balaban J connectivity index is 1.08. The Hall–Kier alpha value is -5.19. The highest BCUT2D eigenvalue weighted by Gasteiger charge is 2.36. The summed E-state index contributed by atoms with van der Waals surface area (Å²) in [4.78, 5) is 29.9. The first-order valence-corrected chi connectivity index (χ1v) is 16.3. The third-order valence-corrected chi connectivity index (χ3v) is 9.87. The maximum atomic E-state index is 14.3. The largest absolute Gasteiger partial charge is 0.505 e. The van der Waals surface area contributed by atoms with Gasteiger partial charge in [0.2, 0.25) is 5.78 Å². The monoisotopic (exact) mass is 630 g/mol. The zero-order chi connectivity index (χ0) is 32.2. The van der Waals surface area contributed by atoms with Crippen molar-refractivity contribution < 1.29 is 14.3 Å². The Morgan fingerprint density at radius 3 is 2.74 bits per heavy atom. The van der Waals surface area contributed by atoms with E-state index < -0.39 is 5.82 Å². The molecule has 47 heavy (non-hydrogen) atoms. The van der Waals surface area contributed by atoms with Crippen LogP contribution < -0.4 is 9.91 Å². The molecule has 2 aromatic carbocycles. The van der Waals surface area contributed by atoms with E-state index >= 15 is 0 Å². The summed E-state index contributed by atoms with van der Waals surface area (Å²) in [7, 11) is 0. The van der Waals surface area contributed by atoms with Gasteiger partial charge in [-0.2, -0.15) is 10.2 Å². The van der Waals surface area contributed by atoms with Crippen LogP contribution in [0.3, 0.4) is 0 Å². The van der Waals surface area contributed by atoms with Crippen molar-refractivity contribution in [2.24, 2.45) is 16.0 Å². The number of hydrazone groups is 1. The van der Waals surface area contributed by atoms with E-state index in [9.17, 15) is 14.3 Å². The van der Waals surface area contributed by atoms with Gasteiger partial charge in [0, 0.05) is 54.4 Å². The number of ketones is 1. The molecule has 238 valence electrons. The first kappa shape index (κ1) is 29.2. The molecule has 0 saturated carbocycles. The minimum Gasteiger partial charge on any atom is -0.505 e. The van der Waals surface area contributed by atoms with Gasteiger partial charge in [0.25, 0.3) is 0 Å². The summed E-state index contributed by atoms with van der Waals surface area (Å²) >= 11 is 0. The van der Waals surface area contributed by atoms with Crippen molar-refractivity contribution in [2.45, 2.75) is 46.0 Å². The van der Waals surface area contributed by atoms with Crippen LogP contribution in [0, 0.1) is 11.7 Å². The first-order chi connectivity index (χ1) is 22.9. The molecule has 0 atom stereocenters. The standard InChI is InChI=1S/C36H35FN8O2/c1-3-21-13-33(46)29(37)14-25(21)22-4-5-24-30(12-22)41-42-36(24)45-19-28-27-16-38-9-6-23(27)26(15-31(28)43-45)35(47)32-17-40-34(18-39-32)44-10-7-20(2)8-11-44/h4-5,12-14,16-18,20,46H,3,6-11,15,19H2,1-2H3,(H,41,42). The summed E-state index contributed by atoms with van der Waals surface area (Å²) in [5, 5.41) is 25.3. The second-order valence-electron chi connectivity index (χ2n) is 12.8. The number of phenolic OH excluding ortho intramolecular Hbond substituents is 1. The molecule has 4 aromatic rings. The molecule has 0 bridgehead atoms. The number of nitrogens with zero attached hydrogens (tertiary/aromatic N) is 7. The van der Waals surface area contributed by atoms with Crippen molar-refractivity contribution in [3.05, 3.63) is 82.1 Å². The summed E-state index contributed by atoms with van der Waals surface area (Å²) in [6.07, 6.45) is 9.23. The normalized spacial score (nSPS) is 18.2. The van der Waals surface area contributed by atoms with Crippen molar-refractivity contribution >= 4 is 40.2 Å². The van der Waals surface area contributed by atoms with Crippen molar-refractivity contribution in [1.82, 2.24) is 20.2 Å². The number of aromatic hydroxyl groups is 1. The molecule has 0 spiro atoms. The number of piperidine rings is 1. The van der Waals surface area contributed by atoms with Crippen molar-refractivity contribution in [3.63, 3.8) is 0 Å². The third kappa shape index (κ3) is 5.10. The van der Waals surface area contributed by atoms with Gasteiger partial charge in [-0.25, -0.2) is 19.4 Å². The number of fused-ring (bicyclic) bond motifs is 3. The number of aryl methyl sites for hydroxylation is 1. The second-order valence-corrected chi connectivity index (χ2v) is 12.8. The number of phenols is 1. The fourth-order valence-corrected chi connectivity index (χ4v) is 7.13. The number of aromatic amines is 1. The van der Waals surface area contributed by atoms with Crippen LogP contribution in [0.2, 0.25) is 0 Å². The SMILES string of the molecule is CCc1cc(O)c(F)cc1-c1ccc2c(N3CC4=C5C=NCCC5=C(C(=O)c5cnc(N6CCC(C)CC6)cn5)CC4=N3)n[nH]c2c1. The van der Waals surface area contributed by atoms with Gasteiger partial charge in [-0.05, 0) is 78.1 Å². The molecule has 4 aliphatic rings. The number of benzene rings is 2. The topological polar surface area (TPSA) is 123 Å². The van der Waals surface area contributed by atoms with Gasteiger partial charge >= 0.3 is 0 Å². The number of aliphatic imine (C=N–C) groups is 1. The number of hydrogen-bond acceptors (Lipinski definition) is 9. The third-order valence-electron chi connectivity index (χ3n) is 9.87. The van der Waals surface area contributed by atoms with E-state index in [1.54, 1.807) is 12.4 Å². The lowest BCUT2D eigenvalue weighted by Gasteiger charge is -2.30. The average Bonchev–Trinajstić information content (AvgIpc) is 3.73. The maximum Gasteiger partial charge on any atom is 0.209 e. The molecule has 1 aliphatic carbocycles. The molecule has 11 heteroatoms. The van der Waals surface area contributed by atoms with Crippen LogP contribution in [-0.4, -0.2) is 69.2 Å². The van der Waals surface area contributed by atoms with Gasteiger partial charge in [-0.1, -0.05) is 19.9 Å². The van der Waals surface area contributed by atoms with Crippen LogP contribution in [-0.2, 0) is 6.42 Å². The summed E-state index contributed by atoms with van der Waals surface area (Å²) in [6.45, 7) is 7.30. The number of carbonyl (C=O) groups is 1. The van der Waals surface area contributed by atoms with Crippen molar-refractivity contribution in [1.29, 1.82) is 0 Å². The molecular formula is C36H35FN8O2. The lowest BCUT2D eigenvalue weighted by molar-refractivity contribution is 0.102. The molecule has 2 N–H and O–H groups in total. The number of aromatic nitrogens is 4. The minimum atomic E-state index is -0.652. The van der Waals surface area contributed by atoms with Crippen molar-refractivity contribution in [3.8, 4) is 16.9 Å². The van der Waals surface area contributed by atoms with Crippen LogP contribution in [0.1, 0.15) is 55.6 Å². The molecule has 0 amide bonds. The highest BCUT2D eigenvalue weighted by atomic mass is 19.1. The lowest BCUT2D eigenvalue weighted by Crippen LogP contribution is -2.33. The van der Waals surface area contributed by atoms with E-state index in [1.165, 1.54) is 12.1 Å². The van der Waals surface area contributed by atoms with E-state index in [0.29, 0.717) is 49.4 Å². The predicted octanol–water partition coefficient (Wildman–Crippen LogP) is 6.19. The number of carbonyl (C=O) groups excluding carboxylic acids is 1. The molecule has 2 aromatic heterocycles. The highest BCUT2D eigenvalue weighted by Crippen LogP contribution is 2.39. The molecule has 1 fully saturated rings. The Morgan fingerprint density at radius 2 is 1.96 bits per heavy atom. The van der Waals surface area contributed by atoms with Gasteiger partial charge < -0.3 is 10.0 Å². The van der Waals surface area contributed by atoms with Gasteiger partial charge in [0.05, 0.1) is 30.2 Å². The van der Waals surface area contributed by atoms with E-state index in [2.05, 4.69) is 37.0 Å². The zero-order valence-corrected chi connectivity index (χ0v) is 26.4. The Labute approximate surface area is 271 Å². The number of rotatable bonds is 6. The van der Waals surface area contributed by atoms with Crippen LogP contribution in [0.15, 0.2) is 75.1 Å². The van der Waals surface area contributed by atoms with Gasteiger partial charge in [-0.3, -0.25) is 14.9 Å².